The van der Waals surface area contributed by atoms with Crippen molar-refractivity contribution in [3.8, 4) is 0 Å². The van der Waals surface area contributed by atoms with Gasteiger partial charge >= 0.3 is 5.97 Å². The fraction of sp³-hybridized carbons (Fsp3) is 0.500. The molecule has 120 valence electrons. The van der Waals surface area contributed by atoms with Crippen molar-refractivity contribution in [3.05, 3.63) is 34.9 Å². The van der Waals surface area contributed by atoms with E-state index in [2.05, 4.69) is 0 Å². The summed E-state index contributed by atoms with van der Waals surface area (Å²) in [7, 11) is 0. The molecule has 1 heterocycles. The van der Waals surface area contributed by atoms with Crippen LogP contribution in [0.15, 0.2) is 12.1 Å². The van der Waals surface area contributed by atoms with Crippen LogP contribution in [0.4, 0.5) is 8.78 Å². The number of esters is 1. The van der Waals surface area contributed by atoms with E-state index in [1.165, 1.54) is 17.9 Å². The normalized spacial score (nSPS) is 15.7. The van der Waals surface area contributed by atoms with Gasteiger partial charge in [-0.2, -0.15) is 0 Å². The van der Waals surface area contributed by atoms with Crippen LogP contribution in [0.3, 0.4) is 0 Å². The Morgan fingerprint density at radius 3 is 2.50 bits per heavy atom. The standard InChI is InChI=1S/C16H19F2NO3/c1-3-22-16(21)11-6-8-19(9-7-11)15(20)13-12(17)5-4-10(2)14(13)18/h4-5,11H,3,6-9H2,1-2H3. The highest BCUT2D eigenvalue weighted by Crippen LogP contribution is 2.23. The Morgan fingerprint density at radius 2 is 1.91 bits per heavy atom. The van der Waals surface area contributed by atoms with E-state index in [9.17, 15) is 18.4 Å². The lowest BCUT2D eigenvalue weighted by molar-refractivity contribution is -0.149. The molecule has 0 aromatic heterocycles. The maximum absolute atomic E-state index is 14.0. The van der Waals surface area contributed by atoms with Crippen molar-refractivity contribution in [2.45, 2.75) is 26.7 Å². The quantitative estimate of drug-likeness (QED) is 0.806. The molecule has 1 saturated heterocycles. The zero-order valence-electron chi connectivity index (χ0n) is 12.7. The Labute approximate surface area is 128 Å². The molecule has 0 bridgehead atoms. The first-order valence-electron chi connectivity index (χ1n) is 7.36. The van der Waals surface area contributed by atoms with Gasteiger partial charge in [-0.3, -0.25) is 9.59 Å². The van der Waals surface area contributed by atoms with Gasteiger partial charge < -0.3 is 9.64 Å². The van der Waals surface area contributed by atoms with Crippen molar-refractivity contribution in [1.29, 1.82) is 0 Å². The van der Waals surface area contributed by atoms with Gasteiger partial charge in [0.25, 0.3) is 5.91 Å². The topological polar surface area (TPSA) is 46.6 Å². The van der Waals surface area contributed by atoms with Gasteiger partial charge in [0.15, 0.2) is 0 Å². The lowest BCUT2D eigenvalue weighted by Crippen LogP contribution is -2.41. The van der Waals surface area contributed by atoms with Gasteiger partial charge in [0.05, 0.1) is 12.5 Å². The van der Waals surface area contributed by atoms with Gasteiger partial charge in [-0.15, -0.1) is 0 Å². The molecule has 0 aliphatic carbocycles. The summed E-state index contributed by atoms with van der Waals surface area (Å²) in [6.45, 7) is 4.11. The van der Waals surface area contributed by atoms with Crippen LogP contribution in [0.25, 0.3) is 0 Å². The second-order valence-corrected chi connectivity index (χ2v) is 5.37. The van der Waals surface area contributed by atoms with Gasteiger partial charge in [-0.25, -0.2) is 8.78 Å². The van der Waals surface area contributed by atoms with E-state index >= 15 is 0 Å². The third kappa shape index (κ3) is 3.26. The van der Waals surface area contributed by atoms with Gasteiger partial charge in [0.2, 0.25) is 0 Å². The van der Waals surface area contributed by atoms with E-state index in [4.69, 9.17) is 4.74 Å². The molecule has 1 fully saturated rings. The van der Waals surface area contributed by atoms with Crippen LogP contribution in [0.2, 0.25) is 0 Å². The van der Waals surface area contributed by atoms with Crippen LogP contribution < -0.4 is 0 Å². The molecule has 2 rings (SSSR count). The molecule has 0 radical (unpaired) electrons. The Balaban J connectivity index is 2.08. The molecule has 4 nitrogen and oxygen atoms in total. The molecule has 0 atom stereocenters. The summed E-state index contributed by atoms with van der Waals surface area (Å²) in [6.07, 6.45) is 0.888. The SMILES string of the molecule is CCOC(=O)C1CCN(C(=O)c2c(F)ccc(C)c2F)CC1. The molecule has 1 aliphatic heterocycles. The highest BCUT2D eigenvalue weighted by Gasteiger charge is 2.31. The number of nitrogens with zero attached hydrogens (tertiary/aromatic N) is 1. The summed E-state index contributed by atoms with van der Waals surface area (Å²) in [4.78, 5) is 25.4. The van der Waals surface area contributed by atoms with E-state index in [1.54, 1.807) is 6.92 Å². The monoisotopic (exact) mass is 311 g/mol. The minimum Gasteiger partial charge on any atom is -0.466 e. The second-order valence-electron chi connectivity index (χ2n) is 5.37. The maximum Gasteiger partial charge on any atom is 0.309 e. The van der Waals surface area contributed by atoms with Gasteiger partial charge in [0.1, 0.15) is 17.2 Å². The summed E-state index contributed by atoms with van der Waals surface area (Å²) < 4.78 is 32.7. The number of piperidine rings is 1. The van der Waals surface area contributed by atoms with Crippen LogP contribution >= 0.6 is 0 Å². The Bertz CT molecular complexity index is 581. The van der Waals surface area contributed by atoms with Crippen molar-refractivity contribution >= 4 is 11.9 Å². The first kappa shape index (κ1) is 16.4. The molecule has 1 aromatic carbocycles. The molecule has 0 unspecified atom stereocenters. The van der Waals surface area contributed by atoms with Crippen LogP contribution in [-0.2, 0) is 9.53 Å². The molecule has 6 heteroatoms. The Kier molecular flexibility index (Phi) is 5.11. The first-order chi connectivity index (χ1) is 10.5. The smallest absolute Gasteiger partial charge is 0.309 e. The van der Waals surface area contributed by atoms with Crippen LogP contribution in [0.5, 0.6) is 0 Å². The number of amides is 1. The number of hydrogen-bond donors (Lipinski definition) is 0. The number of hydrogen-bond acceptors (Lipinski definition) is 3. The van der Waals surface area contributed by atoms with Gasteiger partial charge in [-0.05, 0) is 38.3 Å². The van der Waals surface area contributed by atoms with E-state index in [-0.39, 0.29) is 30.5 Å². The molecular formula is C16H19F2NO3. The van der Waals surface area contributed by atoms with E-state index in [1.807, 2.05) is 0 Å². The van der Waals surface area contributed by atoms with E-state index in [0.717, 1.165) is 6.07 Å². The van der Waals surface area contributed by atoms with E-state index in [0.29, 0.717) is 19.4 Å². The molecule has 0 spiro atoms. The average molecular weight is 311 g/mol. The number of carbonyl (C=O) groups is 2. The number of halogens is 2. The molecule has 1 aliphatic rings. The zero-order valence-corrected chi connectivity index (χ0v) is 12.7. The number of benzene rings is 1. The zero-order chi connectivity index (χ0) is 16.3. The van der Waals surface area contributed by atoms with Gasteiger partial charge in [-0.1, -0.05) is 6.07 Å². The summed E-state index contributed by atoms with van der Waals surface area (Å²) in [5, 5.41) is 0. The number of ether oxygens (including phenoxy) is 1. The Morgan fingerprint density at radius 1 is 1.27 bits per heavy atom. The number of carbonyl (C=O) groups excluding carboxylic acids is 2. The summed E-state index contributed by atoms with van der Waals surface area (Å²) in [5.41, 5.74) is -0.291. The minimum atomic E-state index is -0.861. The van der Waals surface area contributed by atoms with E-state index < -0.39 is 23.1 Å². The van der Waals surface area contributed by atoms with Crippen molar-refractivity contribution in [1.82, 2.24) is 4.90 Å². The first-order valence-corrected chi connectivity index (χ1v) is 7.36. The maximum atomic E-state index is 14.0. The minimum absolute atomic E-state index is 0.228. The fourth-order valence-electron chi connectivity index (χ4n) is 2.59. The molecule has 1 amide bonds. The highest BCUT2D eigenvalue weighted by atomic mass is 19.1. The predicted molar refractivity (Wildman–Crippen MR) is 76.4 cm³/mol. The van der Waals surface area contributed by atoms with Crippen LogP contribution in [-0.4, -0.2) is 36.5 Å². The molecule has 0 saturated carbocycles. The summed E-state index contributed by atoms with van der Waals surface area (Å²) in [5.74, 6) is -2.88. The Hall–Kier alpha value is -1.98. The third-order valence-electron chi connectivity index (χ3n) is 3.90. The lowest BCUT2D eigenvalue weighted by atomic mass is 9.96. The lowest BCUT2D eigenvalue weighted by Gasteiger charge is -2.31. The second kappa shape index (κ2) is 6.85. The van der Waals surface area contributed by atoms with Crippen LogP contribution in [0, 0.1) is 24.5 Å². The molecule has 22 heavy (non-hydrogen) atoms. The highest BCUT2D eigenvalue weighted by molar-refractivity contribution is 5.95. The van der Waals surface area contributed by atoms with Gasteiger partial charge in [0, 0.05) is 13.1 Å². The summed E-state index contributed by atoms with van der Waals surface area (Å²) in [6, 6.07) is 2.39. The largest absolute Gasteiger partial charge is 0.466 e. The van der Waals surface area contributed by atoms with Crippen molar-refractivity contribution in [2.75, 3.05) is 19.7 Å². The van der Waals surface area contributed by atoms with Crippen molar-refractivity contribution < 1.29 is 23.1 Å². The fourth-order valence-corrected chi connectivity index (χ4v) is 2.59. The predicted octanol–water partition coefficient (Wildman–Crippen LogP) is 2.69. The molecule has 1 aromatic rings. The van der Waals surface area contributed by atoms with Crippen molar-refractivity contribution in [3.63, 3.8) is 0 Å². The number of aryl methyl sites for hydroxylation is 1. The molecular weight excluding hydrogens is 292 g/mol. The molecule has 0 N–H and O–H groups in total. The third-order valence-corrected chi connectivity index (χ3v) is 3.90. The number of likely N-dealkylation sites (tertiary alicyclic amines) is 1. The number of rotatable bonds is 3. The van der Waals surface area contributed by atoms with Crippen LogP contribution in [0.1, 0.15) is 35.7 Å². The average Bonchev–Trinajstić information content (AvgIpc) is 2.51. The van der Waals surface area contributed by atoms with Crippen molar-refractivity contribution in [2.24, 2.45) is 5.92 Å². The summed E-state index contributed by atoms with van der Waals surface area (Å²) >= 11 is 0.